The van der Waals surface area contributed by atoms with Crippen molar-refractivity contribution in [2.24, 2.45) is 5.92 Å². The standard InChI is InChI=1S/C13H18FN3O4/c1-8(2)6-16-13(18)7-15-10-5-12(21-3)11(17(19)20)4-9(10)14/h4-5,8,15H,6-7H2,1-3H3,(H,16,18). The molecule has 0 bridgehead atoms. The molecule has 1 rings (SSSR count). The van der Waals surface area contributed by atoms with Crippen LogP contribution in [0.25, 0.3) is 0 Å². The topological polar surface area (TPSA) is 93.5 Å². The van der Waals surface area contributed by atoms with Gasteiger partial charge in [0.2, 0.25) is 5.91 Å². The molecule has 0 unspecified atom stereocenters. The number of halogens is 1. The number of hydrogen-bond donors (Lipinski definition) is 2. The molecular formula is C13H18FN3O4. The van der Waals surface area contributed by atoms with Crippen LogP contribution in [0, 0.1) is 21.8 Å². The number of rotatable bonds is 7. The molecule has 0 saturated heterocycles. The molecule has 0 saturated carbocycles. The van der Waals surface area contributed by atoms with Gasteiger partial charge in [-0.25, -0.2) is 4.39 Å². The Morgan fingerprint density at radius 2 is 2.14 bits per heavy atom. The number of nitro groups is 1. The van der Waals surface area contributed by atoms with E-state index in [9.17, 15) is 19.3 Å². The summed E-state index contributed by atoms with van der Waals surface area (Å²) in [6.07, 6.45) is 0. The van der Waals surface area contributed by atoms with Crippen LogP contribution in [0.15, 0.2) is 12.1 Å². The van der Waals surface area contributed by atoms with Crippen LogP contribution in [0.3, 0.4) is 0 Å². The smallest absolute Gasteiger partial charge is 0.313 e. The zero-order valence-corrected chi connectivity index (χ0v) is 12.1. The third-order valence-corrected chi connectivity index (χ3v) is 2.61. The van der Waals surface area contributed by atoms with Gasteiger partial charge in [-0.1, -0.05) is 13.8 Å². The number of nitrogens with zero attached hydrogens (tertiary/aromatic N) is 1. The van der Waals surface area contributed by atoms with Crippen molar-refractivity contribution in [1.29, 1.82) is 0 Å². The highest BCUT2D eigenvalue weighted by Gasteiger charge is 2.19. The van der Waals surface area contributed by atoms with Gasteiger partial charge in [-0.15, -0.1) is 0 Å². The van der Waals surface area contributed by atoms with Gasteiger partial charge in [0.15, 0.2) is 11.6 Å². The van der Waals surface area contributed by atoms with E-state index in [1.54, 1.807) is 0 Å². The Balaban J connectivity index is 2.76. The lowest BCUT2D eigenvalue weighted by Crippen LogP contribution is -2.32. The normalized spacial score (nSPS) is 10.3. The van der Waals surface area contributed by atoms with Crippen LogP contribution in [0.4, 0.5) is 15.8 Å². The fourth-order valence-electron chi connectivity index (χ4n) is 1.54. The highest BCUT2D eigenvalue weighted by Crippen LogP contribution is 2.32. The first-order valence-electron chi connectivity index (χ1n) is 6.37. The van der Waals surface area contributed by atoms with Crippen LogP contribution >= 0.6 is 0 Å². The maximum absolute atomic E-state index is 13.7. The molecule has 0 atom stereocenters. The number of benzene rings is 1. The third-order valence-electron chi connectivity index (χ3n) is 2.61. The second kappa shape index (κ2) is 7.41. The predicted octanol–water partition coefficient (Wildman–Crippen LogP) is 1.93. The lowest BCUT2D eigenvalue weighted by atomic mass is 10.2. The molecule has 1 aromatic rings. The van der Waals surface area contributed by atoms with E-state index < -0.39 is 16.4 Å². The zero-order chi connectivity index (χ0) is 16.0. The Kier molecular flexibility index (Phi) is 5.89. The van der Waals surface area contributed by atoms with E-state index in [0.29, 0.717) is 12.5 Å². The van der Waals surface area contributed by atoms with E-state index in [4.69, 9.17) is 4.74 Å². The highest BCUT2D eigenvalue weighted by atomic mass is 19.1. The Morgan fingerprint density at radius 3 is 2.67 bits per heavy atom. The van der Waals surface area contributed by atoms with Crippen molar-refractivity contribution in [1.82, 2.24) is 5.32 Å². The summed E-state index contributed by atoms with van der Waals surface area (Å²) >= 11 is 0. The van der Waals surface area contributed by atoms with Gasteiger partial charge in [0, 0.05) is 12.6 Å². The van der Waals surface area contributed by atoms with Crippen LogP contribution in [0.5, 0.6) is 5.75 Å². The van der Waals surface area contributed by atoms with E-state index in [-0.39, 0.29) is 23.9 Å². The Morgan fingerprint density at radius 1 is 1.48 bits per heavy atom. The lowest BCUT2D eigenvalue weighted by molar-refractivity contribution is -0.385. The molecular weight excluding hydrogens is 281 g/mol. The summed E-state index contributed by atoms with van der Waals surface area (Å²) in [5, 5.41) is 16.0. The molecule has 21 heavy (non-hydrogen) atoms. The minimum absolute atomic E-state index is 0.0304. The van der Waals surface area contributed by atoms with E-state index >= 15 is 0 Å². The quantitative estimate of drug-likeness (QED) is 0.592. The molecule has 2 N–H and O–H groups in total. The third kappa shape index (κ3) is 4.90. The van der Waals surface area contributed by atoms with Crippen molar-refractivity contribution in [3.63, 3.8) is 0 Å². The molecule has 0 fully saturated rings. The van der Waals surface area contributed by atoms with Crippen LogP contribution < -0.4 is 15.4 Å². The van der Waals surface area contributed by atoms with Crippen molar-refractivity contribution in [3.05, 3.63) is 28.1 Å². The number of nitro benzene ring substituents is 1. The molecule has 0 aliphatic rings. The van der Waals surface area contributed by atoms with Crippen molar-refractivity contribution < 1.29 is 18.8 Å². The molecule has 7 nitrogen and oxygen atoms in total. The van der Waals surface area contributed by atoms with Crippen LogP contribution in [-0.4, -0.2) is 31.0 Å². The van der Waals surface area contributed by atoms with E-state index in [1.807, 2.05) is 13.8 Å². The van der Waals surface area contributed by atoms with Crippen molar-refractivity contribution in [2.75, 3.05) is 25.5 Å². The zero-order valence-electron chi connectivity index (χ0n) is 12.1. The predicted molar refractivity (Wildman–Crippen MR) is 75.9 cm³/mol. The maximum Gasteiger partial charge on any atom is 0.313 e. The summed E-state index contributed by atoms with van der Waals surface area (Å²) < 4.78 is 18.6. The number of amides is 1. The average molecular weight is 299 g/mol. The van der Waals surface area contributed by atoms with Gasteiger partial charge in [-0.2, -0.15) is 0 Å². The van der Waals surface area contributed by atoms with Gasteiger partial charge in [-0.05, 0) is 5.92 Å². The molecule has 0 aliphatic heterocycles. The van der Waals surface area contributed by atoms with Crippen LogP contribution in [0.2, 0.25) is 0 Å². The highest BCUT2D eigenvalue weighted by molar-refractivity contribution is 5.81. The van der Waals surface area contributed by atoms with Gasteiger partial charge in [0.1, 0.15) is 0 Å². The monoisotopic (exact) mass is 299 g/mol. The Hall–Kier alpha value is -2.38. The molecule has 0 aromatic heterocycles. The van der Waals surface area contributed by atoms with E-state index in [2.05, 4.69) is 10.6 Å². The number of nitrogens with one attached hydrogen (secondary N) is 2. The Bertz CT molecular complexity index is 534. The Labute approximate surface area is 121 Å². The minimum atomic E-state index is -0.820. The SMILES string of the molecule is COc1cc(NCC(=O)NCC(C)C)c(F)cc1[N+](=O)[O-]. The van der Waals surface area contributed by atoms with Crippen LogP contribution in [0.1, 0.15) is 13.8 Å². The van der Waals surface area contributed by atoms with Crippen molar-refractivity contribution in [2.45, 2.75) is 13.8 Å². The fraction of sp³-hybridized carbons (Fsp3) is 0.462. The summed E-state index contributed by atoms with van der Waals surface area (Å²) in [6, 6.07) is 1.91. The van der Waals surface area contributed by atoms with E-state index in [1.165, 1.54) is 7.11 Å². The maximum atomic E-state index is 13.7. The molecule has 0 radical (unpaired) electrons. The first kappa shape index (κ1) is 16.7. The van der Waals surface area contributed by atoms with Gasteiger partial charge >= 0.3 is 5.69 Å². The van der Waals surface area contributed by atoms with Gasteiger partial charge in [-0.3, -0.25) is 14.9 Å². The number of carbonyl (C=O) groups is 1. The number of ether oxygens (including phenoxy) is 1. The average Bonchev–Trinajstić information content (AvgIpc) is 2.43. The summed E-state index contributed by atoms with van der Waals surface area (Å²) in [4.78, 5) is 21.5. The summed E-state index contributed by atoms with van der Waals surface area (Å²) in [5.74, 6) is -0.878. The second-order valence-electron chi connectivity index (χ2n) is 4.81. The second-order valence-corrected chi connectivity index (χ2v) is 4.81. The number of methoxy groups -OCH3 is 1. The van der Waals surface area contributed by atoms with Gasteiger partial charge in [0.25, 0.3) is 0 Å². The molecule has 0 aliphatic carbocycles. The molecule has 0 spiro atoms. The van der Waals surface area contributed by atoms with Crippen LogP contribution in [-0.2, 0) is 4.79 Å². The molecule has 0 heterocycles. The van der Waals surface area contributed by atoms with Gasteiger partial charge < -0.3 is 15.4 Å². The molecule has 1 aromatic carbocycles. The number of carbonyl (C=O) groups excluding carboxylic acids is 1. The van der Waals surface area contributed by atoms with Crippen molar-refractivity contribution >= 4 is 17.3 Å². The molecule has 1 amide bonds. The number of hydrogen-bond acceptors (Lipinski definition) is 5. The minimum Gasteiger partial charge on any atom is -0.490 e. The molecule has 116 valence electrons. The number of anilines is 1. The molecule has 8 heteroatoms. The first-order valence-corrected chi connectivity index (χ1v) is 6.37. The largest absolute Gasteiger partial charge is 0.490 e. The fourth-order valence-corrected chi connectivity index (χ4v) is 1.54. The van der Waals surface area contributed by atoms with Gasteiger partial charge in [0.05, 0.1) is 30.3 Å². The summed E-state index contributed by atoms with van der Waals surface area (Å²) in [7, 11) is 1.25. The summed E-state index contributed by atoms with van der Waals surface area (Å²) in [6.45, 7) is 4.29. The van der Waals surface area contributed by atoms with Crippen molar-refractivity contribution in [3.8, 4) is 5.75 Å². The van der Waals surface area contributed by atoms with E-state index in [0.717, 1.165) is 12.1 Å². The lowest BCUT2D eigenvalue weighted by Gasteiger charge is -2.11. The summed E-state index contributed by atoms with van der Waals surface area (Å²) in [5.41, 5.74) is -0.498. The first-order chi connectivity index (χ1) is 9.85.